The number of hydrogen-bond acceptors (Lipinski definition) is 5. The van der Waals surface area contributed by atoms with E-state index >= 15 is 0 Å². The first kappa shape index (κ1) is 17.1. The second-order valence-corrected chi connectivity index (χ2v) is 5.43. The number of benzene rings is 1. The zero-order valence-electron chi connectivity index (χ0n) is 11.9. The third kappa shape index (κ3) is 4.58. The number of esters is 1. The monoisotopic (exact) mass is 354 g/mol. The van der Waals surface area contributed by atoms with E-state index < -0.39 is 18.0 Å². The Hall–Kier alpha value is -2.31. The number of amides is 1. The van der Waals surface area contributed by atoms with Gasteiger partial charge in [-0.2, -0.15) is 0 Å². The normalized spacial score (nSPS) is 11.6. The van der Waals surface area contributed by atoms with Crippen LogP contribution in [0.4, 0.5) is 5.82 Å². The van der Waals surface area contributed by atoms with Crippen LogP contribution in [0.15, 0.2) is 36.5 Å². The molecule has 1 heterocycles. The van der Waals surface area contributed by atoms with Crippen LogP contribution < -0.4 is 5.32 Å². The van der Waals surface area contributed by atoms with Crippen molar-refractivity contribution in [3.05, 3.63) is 52.1 Å². The Kier molecular flexibility index (Phi) is 5.41. The van der Waals surface area contributed by atoms with Gasteiger partial charge in [-0.3, -0.25) is 4.79 Å². The Morgan fingerprint density at radius 1 is 1.22 bits per heavy atom. The molecule has 1 atom stereocenters. The van der Waals surface area contributed by atoms with Gasteiger partial charge in [-0.05, 0) is 37.3 Å². The maximum atomic E-state index is 12.0. The summed E-state index contributed by atoms with van der Waals surface area (Å²) < 4.78 is 5.01. The first-order valence-electron chi connectivity index (χ1n) is 6.48. The molecular weight excluding hydrogens is 343 g/mol. The molecule has 2 N–H and O–H groups in total. The van der Waals surface area contributed by atoms with E-state index in [1.165, 1.54) is 37.4 Å². The number of anilines is 1. The Morgan fingerprint density at radius 2 is 1.91 bits per heavy atom. The number of halogens is 2. The summed E-state index contributed by atoms with van der Waals surface area (Å²) in [6, 6.07) is 7.02. The number of pyridine rings is 1. The molecule has 0 saturated heterocycles. The number of ether oxygens (including phenoxy) is 1. The van der Waals surface area contributed by atoms with E-state index in [-0.39, 0.29) is 22.2 Å². The van der Waals surface area contributed by atoms with E-state index in [1.807, 2.05) is 0 Å². The molecule has 1 amide bonds. The average Bonchev–Trinajstić information content (AvgIpc) is 2.51. The van der Waals surface area contributed by atoms with E-state index in [1.54, 1.807) is 6.07 Å². The highest BCUT2D eigenvalue weighted by molar-refractivity contribution is 6.31. The molecule has 23 heavy (non-hydrogen) atoms. The van der Waals surface area contributed by atoms with Gasteiger partial charge in [-0.25, -0.2) is 9.78 Å². The number of phenolic OH excluding ortho intramolecular Hbond substituents is 1. The molecule has 120 valence electrons. The lowest BCUT2D eigenvalue weighted by Crippen LogP contribution is -2.30. The van der Waals surface area contributed by atoms with Gasteiger partial charge >= 0.3 is 5.97 Å². The highest BCUT2D eigenvalue weighted by Gasteiger charge is 2.21. The van der Waals surface area contributed by atoms with E-state index in [0.717, 1.165) is 0 Å². The van der Waals surface area contributed by atoms with E-state index in [4.69, 9.17) is 27.9 Å². The number of rotatable bonds is 4. The molecule has 1 aromatic heterocycles. The first-order valence-corrected chi connectivity index (χ1v) is 7.24. The number of phenols is 1. The lowest BCUT2D eigenvalue weighted by Gasteiger charge is -2.13. The van der Waals surface area contributed by atoms with E-state index in [2.05, 4.69) is 10.3 Å². The second-order valence-electron chi connectivity index (χ2n) is 4.56. The fourth-order valence-corrected chi connectivity index (χ4v) is 1.91. The molecule has 0 aliphatic carbocycles. The van der Waals surface area contributed by atoms with Crippen LogP contribution >= 0.6 is 23.2 Å². The van der Waals surface area contributed by atoms with Gasteiger partial charge < -0.3 is 15.2 Å². The van der Waals surface area contributed by atoms with Crippen molar-refractivity contribution in [1.82, 2.24) is 4.98 Å². The third-order valence-corrected chi connectivity index (χ3v) is 3.27. The van der Waals surface area contributed by atoms with Gasteiger partial charge in [0.05, 0.1) is 5.02 Å². The SMILES string of the molecule is CC(OC(=O)c1cc(Cl)ccc1O)C(=O)Nc1ccc(Cl)cn1. The predicted octanol–water partition coefficient (Wildman–Crippen LogP) is 3.28. The van der Waals surface area contributed by atoms with Crippen LogP contribution in [0.2, 0.25) is 10.0 Å². The van der Waals surface area contributed by atoms with Crippen molar-refractivity contribution in [3.63, 3.8) is 0 Å². The Labute approximate surface area is 142 Å². The van der Waals surface area contributed by atoms with Crippen molar-refractivity contribution in [2.24, 2.45) is 0 Å². The number of aromatic nitrogens is 1. The summed E-state index contributed by atoms with van der Waals surface area (Å²) in [4.78, 5) is 27.8. The van der Waals surface area contributed by atoms with Crippen LogP contribution in [0.25, 0.3) is 0 Å². The van der Waals surface area contributed by atoms with Crippen LogP contribution in [0.3, 0.4) is 0 Å². The number of aromatic hydroxyl groups is 1. The lowest BCUT2D eigenvalue weighted by atomic mass is 10.2. The summed E-state index contributed by atoms with van der Waals surface area (Å²) in [5.74, 6) is -1.45. The number of carbonyl (C=O) groups is 2. The molecule has 6 nitrogen and oxygen atoms in total. The minimum atomic E-state index is -1.10. The van der Waals surface area contributed by atoms with Gasteiger partial charge in [0, 0.05) is 11.2 Å². The Bertz CT molecular complexity index is 735. The predicted molar refractivity (Wildman–Crippen MR) is 85.9 cm³/mol. The van der Waals surface area contributed by atoms with Gasteiger partial charge in [-0.1, -0.05) is 23.2 Å². The largest absolute Gasteiger partial charge is 0.507 e. The lowest BCUT2D eigenvalue weighted by molar-refractivity contribution is -0.123. The highest BCUT2D eigenvalue weighted by atomic mass is 35.5. The van der Waals surface area contributed by atoms with Crippen LogP contribution in [0, 0.1) is 0 Å². The molecule has 0 aliphatic heterocycles. The Balaban J connectivity index is 2.01. The third-order valence-electron chi connectivity index (χ3n) is 2.81. The fourth-order valence-electron chi connectivity index (χ4n) is 1.63. The van der Waals surface area contributed by atoms with Crippen molar-refractivity contribution < 1.29 is 19.4 Å². The number of hydrogen-bond donors (Lipinski definition) is 2. The topological polar surface area (TPSA) is 88.5 Å². The molecule has 0 spiro atoms. The molecule has 0 saturated carbocycles. The molecule has 2 rings (SSSR count). The van der Waals surface area contributed by atoms with Crippen LogP contribution in [-0.4, -0.2) is 28.1 Å². The van der Waals surface area contributed by atoms with Gasteiger partial charge in [0.15, 0.2) is 6.10 Å². The van der Waals surface area contributed by atoms with Gasteiger partial charge in [0.25, 0.3) is 5.91 Å². The summed E-state index contributed by atoms with van der Waals surface area (Å²) in [7, 11) is 0. The van der Waals surface area contributed by atoms with Gasteiger partial charge in [0.1, 0.15) is 17.1 Å². The van der Waals surface area contributed by atoms with Crippen LogP contribution in [-0.2, 0) is 9.53 Å². The van der Waals surface area contributed by atoms with Crippen molar-refractivity contribution in [2.75, 3.05) is 5.32 Å². The van der Waals surface area contributed by atoms with E-state index in [0.29, 0.717) is 5.02 Å². The molecular formula is C15H12Cl2N2O4. The zero-order valence-corrected chi connectivity index (χ0v) is 13.4. The zero-order chi connectivity index (χ0) is 17.0. The summed E-state index contributed by atoms with van der Waals surface area (Å²) in [5.41, 5.74) is -0.123. The van der Waals surface area contributed by atoms with Crippen molar-refractivity contribution in [1.29, 1.82) is 0 Å². The van der Waals surface area contributed by atoms with Gasteiger partial charge in [0.2, 0.25) is 0 Å². The molecule has 0 fully saturated rings. The minimum absolute atomic E-state index is 0.123. The number of carbonyl (C=O) groups excluding carboxylic acids is 2. The second kappa shape index (κ2) is 7.30. The first-order chi connectivity index (χ1) is 10.9. The smallest absolute Gasteiger partial charge is 0.342 e. The average molecular weight is 355 g/mol. The minimum Gasteiger partial charge on any atom is -0.507 e. The van der Waals surface area contributed by atoms with Crippen molar-refractivity contribution in [2.45, 2.75) is 13.0 Å². The molecule has 1 unspecified atom stereocenters. The number of nitrogens with one attached hydrogen (secondary N) is 1. The molecule has 1 aromatic carbocycles. The molecule has 0 bridgehead atoms. The summed E-state index contributed by atoms with van der Waals surface area (Å²) in [6.07, 6.45) is 0.274. The van der Waals surface area contributed by atoms with Crippen LogP contribution in [0.5, 0.6) is 5.75 Å². The molecule has 8 heteroatoms. The molecule has 2 aromatic rings. The van der Waals surface area contributed by atoms with E-state index in [9.17, 15) is 14.7 Å². The quantitative estimate of drug-likeness (QED) is 0.822. The van der Waals surface area contributed by atoms with Crippen molar-refractivity contribution in [3.8, 4) is 5.75 Å². The van der Waals surface area contributed by atoms with Gasteiger partial charge in [-0.15, -0.1) is 0 Å². The summed E-state index contributed by atoms with van der Waals surface area (Å²) in [5, 5.41) is 12.8. The fraction of sp³-hybridized carbons (Fsp3) is 0.133. The summed E-state index contributed by atoms with van der Waals surface area (Å²) >= 11 is 11.5. The Morgan fingerprint density at radius 3 is 2.57 bits per heavy atom. The van der Waals surface area contributed by atoms with Crippen LogP contribution in [0.1, 0.15) is 17.3 Å². The molecule has 0 radical (unpaired) electrons. The van der Waals surface area contributed by atoms with Crippen molar-refractivity contribution >= 4 is 40.9 Å². The maximum absolute atomic E-state index is 12.0. The maximum Gasteiger partial charge on any atom is 0.342 e. The number of nitrogens with zero attached hydrogens (tertiary/aromatic N) is 1. The highest BCUT2D eigenvalue weighted by Crippen LogP contribution is 2.22. The standard InChI is InChI=1S/C15H12Cl2N2O4/c1-8(14(21)19-13-5-3-10(17)7-18-13)23-15(22)11-6-9(16)2-4-12(11)20/h2-8,20H,1H3,(H,18,19,21). The summed E-state index contributed by atoms with van der Waals surface area (Å²) in [6.45, 7) is 1.39. The molecule has 0 aliphatic rings.